The monoisotopic (exact) mass is 258 g/mol. The van der Waals surface area contributed by atoms with Crippen LogP contribution in [0, 0.1) is 0 Å². The number of amides is 1. The second-order valence-corrected chi connectivity index (χ2v) is 4.26. The topological polar surface area (TPSA) is 72.9 Å². The number of nitrogens with one attached hydrogen (secondary N) is 1. The molecule has 1 amide bonds. The van der Waals surface area contributed by atoms with Gasteiger partial charge in [0.25, 0.3) is 5.91 Å². The lowest BCUT2D eigenvalue weighted by molar-refractivity contribution is 0.0952. The van der Waals surface area contributed by atoms with Gasteiger partial charge in [0.15, 0.2) is 0 Å². The molecule has 0 fully saturated rings. The first kappa shape index (κ1) is 13.3. The number of carbonyl (C=O) groups is 1. The van der Waals surface area contributed by atoms with Crippen molar-refractivity contribution in [3.63, 3.8) is 0 Å². The Bertz CT molecular complexity index is 505. The molecule has 1 heterocycles. The average Bonchev–Trinajstić information content (AvgIpc) is 2.93. The Morgan fingerprint density at radius 2 is 2.11 bits per heavy atom. The Kier molecular flexibility index (Phi) is 4.69. The van der Waals surface area contributed by atoms with Gasteiger partial charge in [-0.15, -0.1) is 0 Å². The summed E-state index contributed by atoms with van der Waals surface area (Å²) < 4.78 is 1.78. The molecule has 1 aromatic carbocycles. The van der Waals surface area contributed by atoms with Gasteiger partial charge < -0.3 is 11.1 Å². The summed E-state index contributed by atoms with van der Waals surface area (Å²) in [5, 5.41) is 6.94. The second kappa shape index (κ2) is 6.70. The molecule has 100 valence electrons. The summed E-state index contributed by atoms with van der Waals surface area (Å²) in [6.45, 7) is 1.85. The second-order valence-electron chi connectivity index (χ2n) is 4.26. The fourth-order valence-corrected chi connectivity index (χ4v) is 1.81. The molecule has 0 spiro atoms. The number of hydrogen-bond donors (Lipinski definition) is 2. The first-order valence-corrected chi connectivity index (χ1v) is 6.34. The van der Waals surface area contributed by atoms with E-state index in [1.807, 2.05) is 36.5 Å². The maximum atomic E-state index is 11.9. The van der Waals surface area contributed by atoms with E-state index in [0.29, 0.717) is 25.2 Å². The lowest BCUT2D eigenvalue weighted by atomic mass is 10.1. The quantitative estimate of drug-likeness (QED) is 0.805. The van der Waals surface area contributed by atoms with Crippen molar-refractivity contribution in [2.24, 2.45) is 5.73 Å². The SMILES string of the molecule is NCCc1ccc(C(=O)NCCn2cccn2)cc1. The van der Waals surface area contributed by atoms with E-state index in [1.165, 1.54) is 0 Å². The van der Waals surface area contributed by atoms with E-state index in [0.717, 1.165) is 12.0 Å². The van der Waals surface area contributed by atoms with Crippen molar-refractivity contribution >= 4 is 5.91 Å². The minimum absolute atomic E-state index is 0.0635. The van der Waals surface area contributed by atoms with Gasteiger partial charge in [-0.1, -0.05) is 12.1 Å². The molecule has 5 nitrogen and oxygen atoms in total. The van der Waals surface area contributed by atoms with Gasteiger partial charge in [0.1, 0.15) is 0 Å². The van der Waals surface area contributed by atoms with Crippen LogP contribution in [0.25, 0.3) is 0 Å². The van der Waals surface area contributed by atoms with Gasteiger partial charge in [-0.25, -0.2) is 0 Å². The Balaban J connectivity index is 1.82. The molecule has 0 saturated heterocycles. The molecule has 2 rings (SSSR count). The summed E-state index contributed by atoms with van der Waals surface area (Å²) in [4.78, 5) is 11.9. The predicted octanol–water partition coefficient (Wildman–Crippen LogP) is 0.814. The third-order valence-corrected chi connectivity index (χ3v) is 2.83. The van der Waals surface area contributed by atoms with Crippen LogP contribution >= 0.6 is 0 Å². The fraction of sp³-hybridized carbons (Fsp3) is 0.286. The lowest BCUT2D eigenvalue weighted by Crippen LogP contribution is -2.27. The maximum Gasteiger partial charge on any atom is 0.251 e. The molecule has 0 unspecified atom stereocenters. The van der Waals surface area contributed by atoms with E-state index in [4.69, 9.17) is 5.73 Å². The predicted molar refractivity (Wildman–Crippen MR) is 73.8 cm³/mol. The van der Waals surface area contributed by atoms with E-state index in [2.05, 4.69) is 10.4 Å². The van der Waals surface area contributed by atoms with Crippen LogP contribution in [0.5, 0.6) is 0 Å². The Hall–Kier alpha value is -2.14. The summed E-state index contributed by atoms with van der Waals surface area (Å²) in [5.41, 5.74) is 7.30. The first-order valence-electron chi connectivity index (χ1n) is 6.34. The molecule has 0 radical (unpaired) electrons. The van der Waals surface area contributed by atoms with Crippen molar-refractivity contribution in [2.75, 3.05) is 13.1 Å². The normalized spacial score (nSPS) is 10.4. The standard InChI is InChI=1S/C14H18N4O/c15-7-6-12-2-4-13(5-3-12)14(19)16-9-11-18-10-1-8-17-18/h1-5,8,10H,6-7,9,11,15H2,(H,16,19). The van der Waals surface area contributed by atoms with Gasteiger partial charge in [-0.05, 0) is 36.7 Å². The maximum absolute atomic E-state index is 11.9. The van der Waals surface area contributed by atoms with Crippen LogP contribution in [-0.2, 0) is 13.0 Å². The molecule has 0 aliphatic heterocycles. The van der Waals surface area contributed by atoms with Gasteiger partial charge >= 0.3 is 0 Å². The summed E-state index contributed by atoms with van der Waals surface area (Å²) in [6.07, 6.45) is 4.42. The largest absolute Gasteiger partial charge is 0.350 e. The Labute approximate surface area is 112 Å². The van der Waals surface area contributed by atoms with Gasteiger partial charge in [-0.2, -0.15) is 5.10 Å². The molecule has 0 bridgehead atoms. The van der Waals surface area contributed by atoms with Crippen molar-refractivity contribution < 1.29 is 4.79 Å². The van der Waals surface area contributed by atoms with Crippen molar-refractivity contribution in [1.29, 1.82) is 0 Å². The molecule has 0 saturated carbocycles. The minimum atomic E-state index is -0.0635. The van der Waals surface area contributed by atoms with Crippen molar-refractivity contribution in [3.8, 4) is 0 Å². The van der Waals surface area contributed by atoms with Crippen LogP contribution in [-0.4, -0.2) is 28.8 Å². The number of carbonyl (C=O) groups excluding carboxylic acids is 1. The molecule has 3 N–H and O–H groups in total. The molecule has 5 heteroatoms. The zero-order valence-corrected chi connectivity index (χ0v) is 10.7. The van der Waals surface area contributed by atoms with Gasteiger partial charge in [0.2, 0.25) is 0 Å². The van der Waals surface area contributed by atoms with Crippen LogP contribution in [0.4, 0.5) is 0 Å². The van der Waals surface area contributed by atoms with Crippen molar-refractivity contribution in [2.45, 2.75) is 13.0 Å². The zero-order chi connectivity index (χ0) is 13.5. The first-order chi connectivity index (χ1) is 9.29. The average molecular weight is 258 g/mol. The highest BCUT2D eigenvalue weighted by atomic mass is 16.1. The molecule has 0 aliphatic carbocycles. The third-order valence-electron chi connectivity index (χ3n) is 2.83. The number of nitrogens with two attached hydrogens (primary N) is 1. The Morgan fingerprint density at radius 3 is 2.74 bits per heavy atom. The fourth-order valence-electron chi connectivity index (χ4n) is 1.81. The summed E-state index contributed by atoms with van der Waals surface area (Å²) in [5.74, 6) is -0.0635. The number of benzene rings is 1. The van der Waals surface area contributed by atoms with Crippen LogP contribution in [0.15, 0.2) is 42.7 Å². The number of nitrogens with zero attached hydrogens (tertiary/aromatic N) is 2. The molecule has 1 aromatic heterocycles. The molecular formula is C14H18N4O. The summed E-state index contributed by atoms with van der Waals surface area (Å²) >= 11 is 0. The molecule has 0 aliphatic rings. The highest BCUT2D eigenvalue weighted by molar-refractivity contribution is 5.94. The van der Waals surface area contributed by atoms with E-state index in [-0.39, 0.29) is 5.91 Å². The summed E-state index contributed by atoms with van der Waals surface area (Å²) in [7, 11) is 0. The molecule has 19 heavy (non-hydrogen) atoms. The van der Waals surface area contributed by atoms with Crippen molar-refractivity contribution in [1.82, 2.24) is 15.1 Å². The van der Waals surface area contributed by atoms with Crippen molar-refractivity contribution in [3.05, 3.63) is 53.9 Å². The van der Waals surface area contributed by atoms with Gasteiger partial charge in [0.05, 0.1) is 6.54 Å². The van der Waals surface area contributed by atoms with Crippen LogP contribution in [0.2, 0.25) is 0 Å². The van der Waals surface area contributed by atoms with Crippen LogP contribution in [0.3, 0.4) is 0 Å². The van der Waals surface area contributed by atoms with E-state index in [9.17, 15) is 4.79 Å². The lowest BCUT2D eigenvalue weighted by Gasteiger charge is -2.06. The molecule has 0 atom stereocenters. The van der Waals surface area contributed by atoms with Gasteiger partial charge in [-0.3, -0.25) is 9.48 Å². The molecular weight excluding hydrogens is 240 g/mol. The molecule has 2 aromatic rings. The van der Waals surface area contributed by atoms with Crippen LogP contribution < -0.4 is 11.1 Å². The van der Waals surface area contributed by atoms with E-state index < -0.39 is 0 Å². The number of aromatic nitrogens is 2. The van der Waals surface area contributed by atoms with Gasteiger partial charge in [0, 0.05) is 24.5 Å². The highest BCUT2D eigenvalue weighted by Gasteiger charge is 2.04. The zero-order valence-electron chi connectivity index (χ0n) is 10.7. The van der Waals surface area contributed by atoms with E-state index >= 15 is 0 Å². The van der Waals surface area contributed by atoms with Crippen LogP contribution in [0.1, 0.15) is 15.9 Å². The Morgan fingerprint density at radius 1 is 1.32 bits per heavy atom. The van der Waals surface area contributed by atoms with E-state index in [1.54, 1.807) is 10.9 Å². The number of rotatable bonds is 6. The smallest absolute Gasteiger partial charge is 0.251 e. The highest BCUT2D eigenvalue weighted by Crippen LogP contribution is 2.04. The summed E-state index contributed by atoms with van der Waals surface area (Å²) in [6, 6.07) is 9.39. The number of hydrogen-bond acceptors (Lipinski definition) is 3. The third kappa shape index (κ3) is 3.93. The minimum Gasteiger partial charge on any atom is -0.350 e.